The van der Waals surface area contributed by atoms with Crippen LogP contribution in [0.5, 0.6) is 11.5 Å². The maximum Gasteiger partial charge on any atom is 0.123 e. The molecule has 0 fully saturated rings. The highest BCUT2D eigenvalue weighted by Gasteiger charge is 2.11. The molecule has 82 valence electrons. The topological polar surface area (TPSA) is 40.5 Å². The van der Waals surface area contributed by atoms with E-state index in [1.165, 1.54) is 0 Å². The summed E-state index contributed by atoms with van der Waals surface area (Å²) in [6.07, 6.45) is 0. The molecule has 0 aliphatic rings. The van der Waals surface area contributed by atoms with Crippen molar-refractivity contribution < 1.29 is 10.2 Å². The number of aryl methyl sites for hydroxylation is 1. The fraction of sp³-hybridized carbons (Fsp3) is 0.143. The number of phenolic OH excluding ortho intramolecular Hbond substituents is 2. The summed E-state index contributed by atoms with van der Waals surface area (Å²) in [4.78, 5) is 0. The van der Waals surface area contributed by atoms with Gasteiger partial charge in [-0.15, -0.1) is 0 Å². The summed E-state index contributed by atoms with van der Waals surface area (Å²) in [6, 6.07) is 10.7. The number of para-hydroxylation sites is 1. The third-order valence-electron chi connectivity index (χ3n) is 2.82. The van der Waals surface area contributed by atoms with Gasteiger partial charge in [-0.2, -0.15) is 0 Å². The summed E-state index contributed by atoms with van der Waals surface area (Å²) in [5, 5.41) is 19.5. The SMILES string of the molecule is Cc1ccc(O)c(C)c1-c1ccccc1O. The van der Waals surface area contributed by atoms with Crippen molar-refractivity contribution in [3.05, 3.63) is 47.5 Å². The first kappa shape index (κ1) is 10.6. The lowest BCUT2D eigenvalue weighted by molar-refractivity contribution is 0.470. The number of rotatable bonds is 1. The van der Waals surface area contributed by atoms with E-state index in [1.807, 2.05) is 32.0 Å². The number of hydrogen-bond acceptors (Lipinski definition) is 2. The van der Waals surface area contributed by atoms with E-state index < -0.39 is 0 Å². The number of hydrogen-bond donors (Lipinski definition) is 2. The second-order valence-electron chi connectivity index (χ2n) is 3.92. The Balaban J connectivity index is 2.74. The van der Waals surface area contributed by atoms with Crippen LogP contribution in [0.2, 0.25) is 0 Å². The zero-order valence-corrected chi connectivity index (χ0v) is 9.36. The molecule has 2 aromatic rings. The van der Waals surface area contributed by atoms with Gasteiger partial charge in [0.15, 0.2) is 0 Å². The highest BCUT2D eigenvalue weighted by Crippen LogP contribution is 2.36. The molecular weight excluding hydrogens is 200 g/mol. The highest BCUT2D eigenvalue weighted by atomic mass is 16.3. The molecule has 0 heterocycles. The average molecular weight is 214 g/mol. The van der Waals surface area contributed by atoms with Gasteiger partial charge in [0.1, 0.15) is 11.5 Å². The van der Waals surface area contributed by atoms with Crippen LogP contribution in [0.4, 0.5) is 0 Å². The van der Waals surface area contributed by atoms with Crippen LogP contribution < -0.4 is 0 Å². The molecule has 2 N–H and O–H groups in total. The van der Waals surface area contributed by atoms with Crippen LogP contribution in [0, 0.1) is 13.8 Å². The van der Waals surface area contributed by atoms with Gasteiger partial charge in [-0.25, -0.2) is 0 Å². The van der Waals surface area contributed by atoms with E-state index in [2.05, 4.69) is 0 Å². The zero-order valence-electron chi connectivity index (χ0n) is 9.36. The molecule has 0 aromatic heterocycles. The van der Waals surface area contributed by atoms with Crippen LogP contribution in [0.25, 0.3) is 11.1 Å². The number of phenols is 2. The Morgan fingerprint density at radius 3 is 2.19 bits per heavy atom. The largest absolute Gasteiger partial charge is 0.508 e. The fourth-order valence-corrected chi connectivity index (χ4v) is 1.94. The Morgan fingerprint density at radius 2 is 1.50 bits per heavy atom. The van der Waals surface area contributed by atoms with E-state index in [-0.39, 0.29) is 11.5 Å². The fourth-order valence-electron chi connectivity index (χ4n) is 1.94. The van der Waals surface area contributed by atoms with Crippen molar-refractivity contribution in [3.63, 3.8) is 0 Å². The third kappa shape index (κ3) is 1.63. The summed E-state index contributed by atoms with van der Waals surface area (Å²) < 4.78 is 0. The van der Waals surface area contributed by atoms with Crippen molar-refractivity contribution >= 4 is 0 Å². The molecule has 0 aliphatic carbocycles. The molecular formula is C14H14O2. The Labute approximate surface area is 94.8 Å². The normalized spacial score (nSPS) is 10.4. The average Bonchev–Trinajstić information content (AvgIpc) is 2.27. The molecule has 0 atom stereocenters. The van der Waals surface area contributed by atoms with Crippen LogP contribution in [-0.2, 0) is 0 Å². The minimum Gasteiger partial charge on any atom is -0.508 e. The first-order valence-electron chi connectivity index (χ1n) is 5.19. The van der Waals surface area contributed by atoms with Gasteiger partial charge in [0.25, 0.3) is 0 Å². The molecule has 0 bridgehead atoms. The van der Waals surface area contributed by atoms with Crippen molar-refractivity contribution in [2.24, 2.45) is 0 Å². The monoisotopic (exact) mass is 214 g/mol. The van der Waals surface area contributed by atoms with E-state index >= 15 is 0 Å². The lowest BCUT2D eigenvalue weighted by atomic mass is 9.94. The third-order valence-corrected chi connectivity index (χ3v) is 2.82. The second-order valence-corrected chi connectivity index (χ2v) is 3.92. The van der Waals surface area contributed by atoms with Gasteiger partial charge in [-0.05, 0) is 42.7 Å². The van der Waals surface area contributed by atoms with E-state index in [9.17, 15) is 10.2 Å². The van der Waals surface area contributed by atoms with Gasteiger partial charge < -0.3 is 10.2 Å². The van der Waals surface area contributed by atoms with Crippen molar-refractivity contribution in [1.82, 2.24) is 0 Å². The van der Waals surface area contributed by atoms with Crippen molar-refractivity contribution in [1.29, 1.82) is 0 Å². The Kier molecular flexibility index (Phi) is 2.57. The minimum absolute atomic E-state index is 0.235. The van der Waals surface area contributed by atoms with Gasteiger partial charge in [0.2, 0.25) is 0 Å². The molecule has 0 aliphatic heterocycles. The summed E-state index contributed by atoms with van der Waals surface area (Å²) in [7, 11) is 0. The molecule has 0 saturated heterocycles. The second kappa shape index (κ2) is 3.89. The van der Waals surface area contributed by atoms with Crippen LogP contribution >= 0.6 is 0 Å². The molecule has 0 radical (unpaired) electrons. The lowest BCUT2D eigenvalue weighted by Crippen LogP contribution is -1.89. The maximum atomic E-state index is 9.82. The first-order valence-corrected chi connectivity index (χ1v) is 5.19. The molecule has 0 unspecified atom stereocenters. The van der Waals surface area contributed by atoms with Crippen molar-refractivity contribution in [2.45, 2.75) is 13.8 Å². The molecule has 0 spiro atoms. The molecule has 16 heavy (non-hydrogen) atoms. The molecule has 2 heteroatoms. The number of benzene rings is 2. The van der Waals surface area contributed by atoms with Crippen LogP contribution in [-0.4, -0.2) is 10.2 Å². The van der Waals surface area contributed by atoms with Crippen molar-refractivity contribution in [3.8, 4) is 22.6 Å². The Hall–Kier alpha value is -1.96. The summed E-state index contributed by atoms with van der Waals surface area (Å²) in [5.74, 6) is 0.489. The Bertz CT molecular complexity index is 530. The quantitative estimate of drug-likeness (QED) is 0.764. The van der Waals surface area contributed by atoms with E-state index in [1.54, 1.807) is 18.2 Å². The minimum atomic E-state index is 0.235. The highest BCUT2D eigenvalue weighted by molar-refractivity contribution is 5.77. The molecule has 0 saturated carbocycles. The summed E-state index contributed by atoms with van der Waals surface area (Å²) in [5.41, 5.74) is 3.49. The smallest absolute Gasteiger partial charge is 0.123 e. The predicted molar refractivity (Wildman–Crippen MR) is 64.7 cm³/mol. The molecule has 2 aromatic carbocycles. The van der Waals surface area contributed by atoms with Crippen molar-refractivity contribution in [2.75, 3.05) is 0 Å². The summed E-state index contributed by atoms with van der Waals surface area (Å²) in [6.45, 7) is 3.82. The van der Waals surface area contributed by atoms with Gasteiger partial charge >= 0.3 is 0 Å². The van der Waals surface area contributed by atoms with Crippen LogP contribution in [0.15, 0.2) is 36.4 Å². The predicted octanol–water partition coefficient (Wildman–Crippen LogP) is 3.38. The van der Waals surface area contributed by atoms with E-state index in [0.29, 0.717) is 0 Å². The molecule has 0 amide bonds. The maximum absolute atomic E-state index is 9.82. The molecule has 2 nitrogen and oxygen atoms in total. The van der Waals surface area contributed by atoms with Crippen LogP contribution in [0.1, 0.15) is 11.1 Å². The van der Waals surface area contributed by atoms with Gasteiger partial charge in [-0.3, -0.25) is 0 Å². The van der Waals surface area contributed by atoms with E-state index in [0.717, 1.165) is 22.3 Å². The summed E-state index contributed by atoms with van der Waals surface area (Å²) >= 11 is 0. The lowest BCUT2D eigenvalue weighted by Gasteiger charge is -2.12. The Morgan fingerprint density at radius 1 is 0.812 bits per heavy atom. The standard InChI is InChI=1S/C14H14O2/c1-9-7-8-12(15)10(2)14(9)11-5-3-4-6-13(11)16/h3-8,15-16H,1-2H3. The van der Waals surface area contributed by atoms with Gasteiger partial charge in [0.05, 0.1) is 0 Å². The first-order chi connectivity index (χ1) is 7.61. The zero-order chi connectivity index (χ0) is 11.7. The number of aromatic hydroxyl groups is 2. The van der Waals surface area contributed by atoms with Gasteiger partial charge in [0, 0.05) is 5.56 Å². The van der Waals surface area contributed by atoms with Gasteiger partial charge in [-0.1, -0.05) is 24.3 Å². The molecule has 2 rings (SSSR count). The van der Waals surface area contributed by atoms with E-state index in [4.69, 9.17) is 0 Å². The van der Waals surface area contributed by atoms with Crippen LogP contribution in [0.3, 0.4) is 0 Å².